The zero-order valence-corrected chi connectivity index (χ0v) is 12.9. The zero-order valence-electron chi connectivity index (χ0n) is 12.9. The molecule has 0 saturated carbocycles. The van der Waals surface area contributed by atoms with E-state index < -0.39 is 5.41 Å². The molecule has 0 bridgehead atoms. The Labute approximate surface area is 120 Å². The molecule has 0 aliphatic carbocycles. The van der Waals surface area contributed by atoms with Gasteiger partial charge < -0.3 is 14.8 Å². The molecular formula is C14H26N2O4. The van der Waals surface area contributed by atoms with E-state index in [0.29, 0.717) is 32.8 Å². The molecule has 0 aromatic carbocycles. The number of hydrogen-bond acceptors (Lipinski definition) is 5. The van der Waals surface area contributed by atoms with Crippen LogP contribution in [0.15, 0.2) is 0 Å². The van der Waals surface area contributed by atoms with Crippen LogP contribution in [-0.2, 0) is 19.1 Å². The first-order chi connectivity index (χ1) is 9.42. The summed E-state index contributed by atoms with van der Waals surface area (Å²) in [5, 5.41) is 2.88. The first-order valence-corrected chi connectivity index (χ1v) is 7.10. The molecule has 1 fully saturated rings. The second kappa shape index (κ2) is 7.59. The van der Waals surface area contributed by atoms with Crippen molar-refractivity contribution in [1.82, 2.24) is 10.2 Å². The van der Waals surface area contributed by atoms with Crippen LogP contribution in [0.2, 0.25) is 0 Å². The summed E-state index contributed by atoms with van der Waals surface area (Å²) in [6.45, 7) is 8.39. The number of nitrogens with zero attached hydrogens (tertiary/aromatic N) is 1. The molecular weight excluding hydrogens is 260 g/mol. The number of carbonyl (C=O) groups excluding carboxylic acids is 2. The molecule has 1 aliphatic heterocycles. The largest absolute Gasteiger partial charge is 0.469 e. The Morgan fingerprint density at radius 1 is 1.45 bits per heavy atom. The Hall–Kier alpha value is -1.14. The van der Waals surface area contributed by atoms with Gasteiger partial charge in [0, 0.05) is 19.6 Å². The molecule has 116 valence electrons. The maximum atomic E-state index is 12.1. The van der Waals surface area contributed by atoms with E-state index in [0.717, 1.165) is 6.42 Å². The van der Waals surface area contributed by atoms with E-state index in [1.807, 2.05) is 25.7 Å². The highest BCUT2D eigenvalue weighted by molar-refractivity contribution is 5.82. The van der Waals surface area contributed by atoms with Crippen LogP contribution in [0.5, 0.6) is 0 Å². The Bertz CT molecular complexity index is 344. The third-order valence-corrected chi connectivity index (χ3v) is 3.43. The van der Waals surface area contributed by atoms with Gasteiger partial charge in [0.15, 0.2) is 0 Å². The molecule has 1 atom stereocenters. The van der Waals surface area contributed by atoms with Crippen LogP contribution in [-0.4, -0.2) is 62.8 Å². The van der Waals surface area contributed by atoms with Crippen LogP contribution >= 0.6 is 0 Å². The predicted molar refractivity (Wildman–Crippen MR) is 75.3 cm³/mol. The smallest absolute Gasteiger partial charge is 0.312 e. The fraction of sp³-hybridized carbons (Fsp3) is 0.857. The van der Waals surface area contributed by atoms with Gasteiger partial charge in [-0.1, -0.05) is 6.92 Å². The molecule has 1 heterocycles. The Balaban J connectivity index is 2.69. The summed E-state index contributed by atoms with van der Waals surface area (Å²) < 4.78 is 10.2. The molecule has 1 N–H and O–H groups in total. The molecule has 0 aromatic heterocycles. The Morgan fingerprint density at radius 3 is 2.75 bits per heavy atom. The fourth-order valence-corrected chi connectivity index (χ4v) is 2.28. The number of carbonyl (C=O) groups is 2. The van der Waals surface area contributed by atoms with Crippen LogP contribution in [0.25, 0.3) is 0 Å². The fourth-order valence-electron chi connectivity index (χ4n) is 2.28. The Kier molecular flexibility index (Phi) is 6.42. The van der Waals surface area contributed by atoms with Gasteiger partial charge in [-0.15, -0.1) is 0 Å². The molecule has 0 aromatic rings. The predicted octanol–water partition coefficient (Wildman–Crippen LogP) is 0.413. The van der Waals surface area contributed by atoms with Crippen LogP contribution < -0.4 is 5.32 Å². The van der Waals surface area contributed by atoms with E-state index in [9.17, 15) is 9.59 Å². The first-order valence-electron chi connectivity index (χ1n) is 7.10. The van der Waals surface area contributed by atoms with Gasteiger partial charge in [0.25, 0.3) is 0 Å². The van der Waals surface area contributed by atoms with Crippen molar-refractivity contribution in [2.24, 2.45) is 5.41 Å². The molecule has 20 heavy (non-hydrogen) atoms. The van der Waals surface area contributed by atoms with E-state index in [4.69, 9.17) is 9.47 Å². The summed E-state index contributed by atoms with van der Waals surface area (Å²) in [4.78, 5) is 25.9. The lowest BCUT2D eigenvalue weighted by Crippen LogP contribution is -2.56. The number of hydrogen-bond donors (Lipinski definition) is 1. The molecule has 1 saturated heterocycles. The van der Waals surface area contributed by atoms with Gasteiger partial charge in [-0.3, -0.25) is 14.5 Å². The SMILES string of the molecule is CCCNC(=O)C1COCCN1CC(C)(C)C(=O)OC. The van der Waals surface area contributed by atoms with Gasteiger partial charge in [0.05, 0.1) is 25.7 Å². The number of esters is 1. The number of nitrogens with one attached hydrogen (secondary N) is 1. The summed E-state index contributed by atoms with van der Waals surface area (Å²) >= 11 is 0. The second-order valence-corrected chi connectivity index (χ2v) is 5.73. The molecule has 1 rings (SSSR count). The van der Waals surface area contributed by atoms with Crippen molar-refractivity contribution in [1.29, 1.82) is 0 Å². The molecule has 0 spiro atoms. The monoisotopic (exact) mass is 286 g/mol. The molecule has 1 unspecified atom stereocenters. The number of morpholine rings is 1. The third kappa shape index (κ3) is 4.45. The van der Waals surface area contributed by atoms with Crippen LogP contribution in [0.3, 0.4) is 0 Å². The molecule has 1 amide bonds. The van der Waals surface area contributed by atoms with Gasteiger partial charge in [0.1, 0.15) is 6.04 Å². The topological polar surface area (TPSA) is 67.9 Å². The molecule has 6 heteroatoms. The lowest BCUT2D eigenvalue weighted by atomic mass is 9.92. The van der Waals surface area contributed by atoms with Crippen molar-refractivity contribution >= 4 is 11.9 Å². The average molecular weight is 286 g/mol. The number of methoxy groups -OCH3 is 1. The van der Waals surface area contributed by atoms with Gasteiger partial charge in [-0.25, -0.2) is 0 Å². The summed E-state index contributed by atoms with van der Waals surface area (Å²) in [7, 11) is 1.38. The van der Waals surface area contributed by atoms with Gasteiger partial charge in [-0.05, 0) is 20.3 Å². The normalized spacial score (nSPS) is 20.5. The highest BCUT2D eigenvalue weighted by Crippen LogP contribution is 2.21. The van der Waals surface area contributed by atoms with Crippen molar-refractivity contribution in [3.63, 3.8) is 0 Å². The standard InChI is InChI=1S/C14H26N2O4/c1-5-6-15-12(17)11-9-20-8-7-16(11)10-14(2,3)13(18)19-4/h11H,5-10H2,1-4H3,(H,15,17). The average Bonchev–Trinajstić information content (AvgIpc) is 2.43. The summed E-state index contributed by atoms with van der Waals surface area (Å²) in [6.07, 6.45) is 0.896. The highest BCUT2D eigenvalue weighted by Gasteiger charge is 2.37. The Morgan fingerprint density at radius 2 is 2.15 bits per heavy atom. The van der Waals surface area contributed by atoms with Gasteiger partial charge in [0.2, 0.25) is 5.91 Å². The minimum Gasteiger partial charge on any atom is -0.469 e. The van der Waals surface area contributed by atoms with Crippen LogP contribution in [0.4, 0.5) is 0 Å². The lowest BCUT2D eigenvalue weighted by Gasteiger charge is -2.38. The van der Waals surface area contributed by atoms with Crippen molar-refractivity contribution < 1.29 is 19.1 Å². The van der Waals surface area contributed by atoms with Crippen molar-refractivity contribution in [2.45, 2.75) is 33.2 Å². The van der Waals surface area contributed by atoms with Crippen molar-refractivity contribution in [3.05, 3.63) is 0 Å². The summed E-state index contributed by atoms with van der Waals surface area (Å²) in [6, 6.07) is -0.334. The van der Waals surface area contributed by atoms with Crippen molar-refractivity contribution in [3.8, 4) is 0 Å². The lowest BCUT2D eigenvalue weighted by molar-refractivity contribution is -0.154. The van der Waals surface area contributed by atoms with E-state index in [2.05, 4.69) is 5.32 Å². The van der Waals surface area contributed by atoms with E-state index in [1.54, 1.807) is 0 Å². The minimum absolute atomic E-state index is 0.0350. The number of ether oxygens (including phenoxy) is 2. The molecule has 0 radical (unpaired) electrons. The molecule has 1 aliphatic rings. The van der Waals surface area contributed by atoms with Gasteiger partial charge >= 0.3 is 5.97 Å². The minimum atomic E-state index is -0.643. The first kappa shape index (κ1) is 16.9. The van der Waals surface area contributed by atoms with E-state index in [1.165, 1.54) is 7.11 Å². The molecule has 6 nitrogen and oxygen atoms in total. The van der Waals surface area contributed by atoms with Crippen molar-refractivity contribution in [2.75, 3.05) is 40.0 Å². The third-order valence-electron chi connectivity index (χ3n) is 3.43. The zero-order chi connectivity index (χ0) is 15.2. The van der Waals surface area contributed by atoms with E-state index >= 15 is 0 Å². The highest BCUT2D eigenvalue weighted by atomic mass is 16.5. The van der Waals surface area contributed by atoms with Crippen LogP contribution in [0.1, 0.15) is 27.2 Å². The van der Waals surface area contributed by atoms with Crippen LogP contribution in [0, 0.1) is 5.41 Å². The quantitative estimate of drug-likeness (QED) is 0.716. The summed E-state index contributed by atoms with van der Waals surface area (Å²) in [5.74, 6) is -0.302. The maximum absolute atomic E-state index is 12.1. The number of amides is 1. The number of rotatable bonds is 6. The van der Waals surface area contributed by atoms with Gasteiger partial charge in [-0.2, -0.15) is 0 Å². The van der Waals surface area contributed by atoms with E-state index in [-0.39, 0.29) is 17.9 Å². The maximum Gasteiger partial charge on any atom is 0.312 e. The summed E-state index contributed by atoms with van der Waals surface area (Å²) in [5.41, 5.74) is -0.643. The second-order valence-electron chi connectivity index (χ2n) is 5.73.